The third-order valence-electron chi connectivity index (χ3n) is 5.40. The van der Waals surface area contributed by atoms with Crippen LogP contribution in [0, 0.1) is 12.8 Å². The molecule has 2 aliphatic heterocycles. The minimum Gasteiger partial charge on any atom is -0.381 e. The number of carbonyl (C=O) groups is 1. The summed E-state index contributed by atoms with van der Waals surface area (Å²) in [5.41, 5.74) is 2.45. The zero-order valence-corrected chi connectivity index (χ0v) is 14.7. The minimum absolute atomic E-state index is 0.153. The van der Waals surface area contributed by atoms with E-state index >= 15 is 0 Å². The molecule has 2 aliphatic rings. The first-order chi connectivity index (χ1) is 12.2. The second-order valence-corrected chi connectivity index (χ2v) is 7.16. The Hall–Kier alpha value is -2.14. The van der Waals surface area contributed by atoms with Gasteiger partial charge in [0.05, 0.1) is 5.92 Å². The molecule has 4 rings (SSSR count). The summed E-state index contributed by atoms with van der Waals surface area (Å²) in [6.07, 6.45) is 3.67. The number of hydrogen-bond donors (Lipinski definition) is 0. The molecule has 0 spiro atoms. The Bertz CT molecular complexity index is 729. The van der Waals surface area contributed by atoms with Gasteiger partial charge in [-0.2, -0.15) is 0 Å². The van der Waals surface area contributed by atoms with Gasteiger partial charge in [0.25, 0.3) is 0 Å². The fraction of sp³-hybridized carbons (Fsp3) is 0.500. The molecular formula is C20H25N3O2. The van der Waals surface area contributed by atoms with Crippen LogP contribution in [0.5, 0.6) is 0 Å². The third-order valence-corrected chi connectivity index (χ3v) is 5.40. The number of hydrogen-bond acceptors (Lipinski definition) is 3. The molecule has 0 unspecified atom stereocenters. The van der Waals surface area contributed by atoms with Crippen molar-refractivity contribution >= 4 is 5.91 Å². The van der Waals surface area contributed by atoms with Crippen molar-refractivity contribution in [2.75, 3.05) is 26.3 Å². The molecule has 0 atom stereocenters. The molecule has 0 N–H and O–H groups in total. The van der Waals surface area contributed by atoms with Crippen molar-refractivity contribution < 1.29 is 9.53 Å². The molecule has 0 radical (unpaired) electrons. The number of rotatable bonds is 4. The zero-order chi connectivity index (χ0) is 17.2. The number of nitrogens with zero attached hydrogens (tertiary/aromatic N) is 3. The average Bonchev–Trinajstić information content (AvgIpc) is 2.96. The van der Waals surface area contributed by atoms with Crippen molar-refractivity contribution in [1.82, 2.24) is 14.5 Å². The maximum absolute atomic E-state index is 12.6. The Labute approximate surface area is 148 Å². The van der Waals surface area contributed by atoms with Gasteiger partial charge < -0.3 is 14.2 Å². The second kappa shape index (κ2) is 7.00. The first kappa shape index (κ1) is 16.3. The predicted molar refractivity (Wildman–Crippen MR) is 95.4 cm³/mol. The minimum atomic E-state index is 0.153. The van der Waals surface area contributed by atoms with Gasteiger partial charge in [-0.15, -0.1) is 0 Å². The van der Waals surface area contributed by atoms with E-state index in [9.17, 15) is 4.79 Å². The second-order valence-electron chi connectivity index (χ2n) is 7.16. The highest BCUT2D eigenvalue weighted by Gasteiger charge is 2.37. The van der Waals surface area contributed by atoms with Crippen molar-refractivity contribution in [3.05, 3.63) is 53.6 Å². The molecule has 5 nitrogen and oxygen atoms in total. The molecule has 1 aromatic heterocycles. The van der Waals surface area contributed by atoms with E-state index in [1.54, 1.807) is 0 Å². The molecule has 2 aromatic rings. The molecule has 0 saturated carbocycles. The highest BCUT2D eigenvalue weighted by atomic mass is 16.5. The summed E-state index contributed by atoms with van der Waals surface area (Å²) in [5.74, 6) is 1.91. The number of benzene rings is 1. The number of aromatic nitrogens is 2. The van der Waals surface area contributed by atoms with Crippen LogP contribution < -0.4 is 0 Å². The van der Waals surface area contributed by atoms with E-state index < -0.39 is 0 Å². The highest BCUT2D eigenvalue weighted by molar-refractivity contribution is 5.80. The summed E-state index contributed by atoms with van der Waals surface area (Å²) < 4.78 is 7.65. The number of imidazole rings is 1. The van der Waals surface area contributed by atoms with Crippen LogP contribution in [-0.2, 0) is 16.1 Å². The Kier molecular flexibility index (Phi) is 4.57. The molecule has 0 aliphatic carbocycles. The number of carbonyl (C=O) groups excluding carboxylic acids is 1. The molecule has 3 heterocycles. The Balaban J connectivity index is 1.41. The van der Waals surface area contributed by atoms with Gasteiger partial charge in [-0.1, -0.05) is 30.3 Å². The van der Waals surface area contributed by atoms with E-state index in [4.69, 9.17) is 4.74 Å². The van der Waals surface area contributed by atoms with Gasteiger partial charge in [0.2, 0.25) is 5.91 Å². The molecule has 25 heavy (non-hydrogen) atoms. The molecule has 2 fully saturated rings. The zero-order valence-electron chi connectivity index (χ0n) is 14.7. The van der Waals surface area contributed by atoms with Gasteiger partial charge in [0, 0.05) is 50.7 Å². The lowest BCUT2D eigenvalue weighted by Gasteiger charge is -2.41. The molecule has 2 saturated heterocycles. The summed E-state index contributed by atoms with van der Waals surface area (Å²) in [5, 5.41) is 0. The standard InChI is InChI=1S/C20H25N3O2/c1-15-11-21-19(23(15)12-16-5-3-2-4-6-16)18-13-22(14-18)20(24)17-7-9-25-10-8-17/h2-6,11,17-18H,7-10,12-14H2,1H3. The van der Waals surface area contributed by atoms with Crippen LogP contribution in [0.1, 0.15) is 35.8 Å². The van der Waals surface area contributed by atoms with Crippen molar-refractivity contribution in [2.45, 2.75) is 32.2 Å². The van der Waals surface area contributed by atoms with Gasteiger partial charge >= 0.3 is 0 Å². The Morgan fingerprint density at radius 1 is 1.20 bits per heavy atom. The van der Waals surface area contributed by atoms with E-state index in [1.807, 2.05) is 17.2 Å². The van der Waals surface area contributed by atoms with Crippen LogP contribution in [0.4, 0.5) is 0 Å². The number of ether oxygens (including phenoxy) is 1. The Morgan fingerprint density at radius 3 is 2.64 bits per heavy atom. The lowest BCUT2D eigenvalue weighted by Crippen LogP contribution is -2.52. The first-order valence-electron chi connectivity index (χ1n) is 9.15. The van der Waals surface area contributed by atoms with E-state index in [0.717, 1.165) is 38.3 Å². The first-order valence-corrected chi connectivity index (χ1v) is 9.15. The SMILES string of the molecule is Cc1cnc(C2CN(C(=O)C3CCOCC3)C2)n1Cc1ccccc1. The number of amides is 1. The maximum atomic E-state index is 12.6. The van der Waals surface area contributed by atoms with Crippen LogP contribution in [0.2, 0.25) is 0 Å². The van der Waals surface area contributed by atoms with E-state index in [-0.39, 0.29) is 5.92 Å². The summed E-state index contributed by atoms with van der Waals surface area (Å²) >= 11 is 0. The van der Waals surface area contributed by atoms with Crippen molar-refractivity contribution in [2.24, 2.45) is 5.92 Å². The largest absolute Gasteiger partial charge is 0.381 e. The van der Waals surface area contributed by atoms with Gasteiger partial charge in [0.1, 0.15) is 5.82 Å². The van der Waals surface area contributed by atoms with E-state index in [0.29, 0.717) is 25.0 Å². The molecule has 1 amide bonds. The fourth-order valence-corrected chi connectivity index (χ4v) is 3.80. The maximum Gasteiger partial charge on any atom is 0.225 e. The quantitative estimate of drug-likeness (QED) is 0.860. The summed E-state index contributed by atoms with van der Waals surface area (Å²) in [4.78, 5) is 19.2. The van der Waals surface area contributed by atoms with Crippen LogP contribution >= 0.6 is 0 Å². The predicted octanol–water partition coefficient (Wildman–Crippen LogP) is 2.59. The van der Waals surface area contributed by atoms with Crippen LogP contribution in [0.3, 0.4) is 0 Å². The van der Waals surface area contributed by atoms with Crippen LogP contribution in [0.25, 0.3) is 0 Å². The van der Waals surface area contributed by atoms with Crippen LogP contribution in [0.15, 0.2) is 36.5 Å². The van der Waals surface area contributed by atoms with E-state index in [2.05, 4.69) is 40.7 Å². The van der Waals surface area contributed by atoms with Gasteiger partial charge in [-0.3, -0.25) is 4.79 Å². The summed E-state index contributed by atoms with van der Waals surface area (Å²) in [6.45, 7) is 5.96. The number of likely N-dealkylation sites (tertiary alicyclic amines) is 1. The molecule has 0 bridgehead atoms. The van der Waals surface area contributed by atoms with Crippen molar-refractivity contribution in [1.29, 1.82) is 0 Å². The topological polar surface area (TPSA) is 47.4 Å². The monoisotopic (exact) mass is 339 g/mol. The van der Waals surface area contributed by atoms with Gasteiger partial charge in [0.15, 0.2) is 0 Å². The third kappa shape index (κ3) is 3.33. The molecule has 1 aromatic carbocycles. The van der Waals surface area contributed by atoms with Gasteiger partial charge in [-0.05, 0) is 25.3 Å². The lowest BCUT2D eigenvalue weighted by atomic mass is 9.93. The van der Waals surface area contributed by atoms with Crippen molar-refractivity contribution in [3.8, 4) is 0 Å². The van der Waals surface area contributed by atoms with Gasteiger partial charge in [-0.25, -0.2) is 4.98 Å². The van der Waals surface area contributed by atoms with Crippen molar-refractivity contribution in [3.63, 3.8) is 0 Å². The highest BCUT2D eigenvalue weighted by Crippen LogP contribution is 2.30. The smallest absolute Gasteiger partial charge is 0.225 e. The summed E-state index contributed by atoms with van der Waals surface area (Å²) in [7, 11) is 0. The Morgan fingerprint density at radius 2 is 1.92 bits per heavy atom. The average molecular weight is 339 g/mol. The van der Waals surface area contributed by atoms with Crippen LogP contribution in [-0.4, -0.2) is 46.7 Å². The molecule has 5 heteroatoms. The molecular weight excluding hydrogens is 314 g/mol. The van der Waals surface area contributed by atoms with E-state index in [1.165, 1.54) is 11.3 Å². The normalized spacial score (nSPS) is 19.0. The number of aryl methyl sites for hydroxylation is 1. The molecule has 132 valence electrons. The fourth-order valence-electron chi connectivity index (χ4n) is 3.80. The lowest BCUT2D eigenvalue weighted by molar-refractivity contribution is -0.143. The summed E-state index contributed by atoms with van der Waals surface area (Å²) in [6, 6.07) is 10.5.